The number of hydrogen-bond donors (Lipinski definition) is 3. The van der Waals surface area contributed by atoms with E-state index >= 15 is 0 Å². The van der Waals surface area contributed by atoms with Crippen LogP contribution in [-0.4, -0.2) is 33.9 Å². The monoisotopic (exact) mass is 313 g/mol. The third-order valence-electron chi connectivity index (χ3n) is 3.32. The fourth-order valence-corrected chi connectivity index (χ4v) is 2.05. The Morgan fingerprint density at radius 3 is 2.91 bits per heavy atom. The van der Waals surface area contributed by atoms with E-state index in [4.69, 9.17) is 0 Å². The lowest BCUT2D eigenvalue weighted by Crippen LogP contribution is -2.22. The van der Waals surface area contributed by atoms with E-state index in [0.29, 0.717) is 34.6 Å². The number of pyridine rings is 1. The first-order valence-corrected chi connectivity index (χ1v) is 7.27. The maximum atomic E-state index is 11.8. The van der Waals surface area contributed by atoms with Crippen molar-refractivity contribution in [3.63, 3.8) is 0 Å². The smallest absolute Gasteiger partial charge is 0.251 e. The second-order valence-electron chi connectivity index (χ2n) is 4.96. The van der Waals surface area contributed by atoms with Gasteiger partial charge in [-0.15, -0.1) is 0 Å². The molecule has 120 valence electrons. The summed E-state index contributed by atoms with van der Waals surface area (Å²) in [7, 11) is 0. The van der Waals surface area contributed by atoms with Crippen LogP contribution in [-0.2, 0) is 6.61 Å². The van der Waals surface area contributed by atoms with Gasteiger partial charge in [-0.25, -0.2) is 0 Å². The molecule has 0 aliphatic heterocycles. The van der Waals surface area contributed by atoms with Gasteiger partial charge in [0.1, 0.15) is 5.75 Å². The van der Waals surface area contributed by atoms with E-state index in [1.165, 1.54) is 12.4 Å². The van der Waals surface area contributed by atoms with Gasteiger partial charge in [0, 0.05) is 35.6 Å². The Labute approximate surface area is 134 Å². The predicted octanol–water partition coefficient (Wildman–Crippen LogP) is 2.09. The second-order valence-corrected chi connectivity index (χ2v) is 4.96. The Morgan fingerprint density at radius 1 is 1.43 bits per heavy atom. The molecule has 2 aromatic rings. The van der Waals surface area contributed by atoms with Gasteiger partial charge >= 0.3 is 0 Å². The highest BCUT2D eigenvalue weighted by Crippen LogP contribution is 2.23. The number of rotatable bonds is 5. The molecule has 1 aromatic heterocycles. The van der Waals surface area contributed by atoms with Crippen LogP contribution in [0, 0.1) is 6.92 Å². The maximum Gasteiger partial charge on any atom is 0.251 e. The summed E-state index contributed by atoms with van der Waals surface area (Å²) < 4.78 is 0. The summed E-state index contributed by atoms with van der Waals surface area (Å²) in [6.45, 7) is 3.83. The number of aliphatic imine (C=N–C) groups is 1. The Bertz CT molecular complexity index is 742. The number of aromatic hydroxyl groups is 1. The molecule has 23 heavy (non-hydrogen) atoms. The van der Waals surface area contributed by atoms with Crippen molar-refractivity contribution in [1.29, 1.82) is 0 Å². The van der Waals surface area contributed by atoms with E-state index in [2.05, 4.69) is 15.3 Å². The molecule has 6 heteroatoms. The first-order valence-electron chi connectivity index (χ1n) is 7.27. The zero-order chi connectivity index (χ0) is 16.8. The number of benzene rings is 1. The van der Waals surface area contributed by atoms with Crippen LogP contribution in [0.2, 0.25) is 0 Å². The van der Waals surface area contributed by atoms with Gasteiger partial charge in [0.25, 0.3) is 5.91 Å². The van der Waals surface area contributed by atoms with Crippen LogP contribution < -0.4 is 5.32 Å². The third-order valence-corrected chi connectivity index (χ3v) is 3.32. The van der Waals surface area contributed by atoms with Crippen LogP contribution in [0.5, 0.6) is 5.75 Å². The van der Waals surface area contributed by atoms with Crippen LogP contribution >= 0.6 is 0 Å². The number of aliphatic hydroxyl groups is 1. The van der Waals surface area contributed by atoms with Crippen molar-refractivity contribution in [2.75, 3.05) is 6.54 Å². The Morgan fingerprint density at radius 2 is 2.22 bits per heavy atom. The normalized spacial score (nSPS) is 10.9. The zero-order valence-electron chi connectivity index (χ0n) is 13.1. The molecule has 0 radical (unpaired) electrons. The predicted molar refractivity (Wildman–Crippen MR) is 88.3 cm³/mol. The minimum atomic E-state index is -0.249. The van der Waals surface area contributed by atoms with Crippen molar-refractivity contribution in [1.82, 2.24) is 10.3 Å². The van der Waals surface area contributed by atoms with E-state index < -0.39 is 0 Å². The maximum absolute atomic E-state index is 11.8. The molecule has 0 aliphatic rings. The molecule has 2 rings (SSSR count). The molecule has 0 fully saturated rings. The summed E-state index contributed by atoms with van der Waals surface area (Å²) in [5.41, 5.74) is 2.45. The van der Waals surface area contributed by atoms with Gasteiger partial charge in [0.15, 0.2) is 0 Å². The Balaban J connectivity index is 2.33. The van der Waals surface area contributed by atoms with Crippen molar-refractivity contribution in [2.45, 2.75) is 20.5 Å². The van der Waals surface area contributed by atoms with Crippen molar-refractivity contribution in [3.8, 4) is 5.75 Å². The molecule has 0 saturated carbocycles. The lowest BCUT2D eigenvalue weighted by Gasteiger charge is -2.07. The quantitative estimate of drug-likeness (QED) is 0.737. The van der Waals surface area contributed by atoms with Crippen molar-refractivity contribution in [2.24, 2.45) is 4.99 Å². The lowest BCUT2D eigenvalue weighted by molar-refractivity contribution is 0.0956. The lowest BCUT2D eigenvalue weighted by atomic mass is 10.1. The molecule has 0 saturated heterocycles. The van der Waals surface area contributed by atoms with Crippen LogP contribution in [0.15, 0.2) is 35.5 Å². The number of carbonyl (C=O) groups is 1. The van der Waals surface area contributed by atoms with E-state index in [-0.39, 0.29) is 18.3 Å². The first kappa shape index (κ1) is 16.6. The van der Waals surface area contributed by atoms with Gasteiger partial charge in [0.2, 0.25) is 0 Å². The van der Waals surface area contributed by atoms with Gasteiger partial charge in [-0.3, -0.25) is 14.8 Å². The van der Waals surface area contributed by atoms with Crippen molar-refractivity contribution >= 4 is 17.8 Å². The highest BCUT2D eigenvalue weighted by atomic mass is 16.3. The SMILES string of the molecule is CCNC(=O)c1cccc(N=Cc2c(CO)cnc(C)c2O)c1. The molecule has 0 spiro atoms. The van der Waals surface area contributed by atoms with E-state index in [1.807, 2.05) is 6.92 Å². The molecule has 1 heterocycles. The van der Waals surface area contributed by atoms with E-state index in [9.17, 15) is 15.0 Å². The highest BCUT2D eigenvalue weighted by Gasteiger charge is 2.09. The largest absolute Gasteiger partial charge is 0.505 e. The zero-order valence-corrected chi connectivity index (χ0v) is 13.1. The van der Waals surface area contributed by atoms with Crippen LogP contribution in [0.1, 0.15) is 34.1 Å². The first-order chi connectivity index (χ1) is 11.1. The summed E-state index contributed by atoms with van der Waals surface area (Å²) in [4.78, 5) is 20.1. The number of aromatic nitrogens is 1. The number of carbonyl (C=O) groups excluding carboxylic acids is 1. The standard InChI is InChI=1S/C17H19N3O3/c1-3-18-17(23)12-5-4-6-14(7-12)20-9-15-13(10-21)8-19-11(2)16(15)22/h4-9,21-22H,3,10H2,1-2H3,(H,18,23). The molecule has 6 nitrogen and oxygen atoms in total. The molecule has 0 bridgehead atoms. The van der Waals surface area contributed by atoms with Gasteiger partial charge in [-0.05, 0) is 32.0 Å². The average Bonchev–Trinajstić information content (AvgIpc) is 2.56. The molecule has 0 aliphatic carbocycles. The van der Waals surface area contributed by atoms with Crippen LogP contribution in [0.4, 0.5) is 5.69 Å². The number of aliphatic hydroxyl groups excluding tert-OH is 1. The number of nitrogens with one attached hydrogen (secondary N) is 1. The average molecular weight is 313 g/mol. The molecular formula is C17H19N3O3. The molecule has 0 unspecified atom stereocenters. The Hall–Kier alpha value is -2.73. The number of amides is 1. The number of aryl methyl sites for hydroxylation is 1. The number of nitrogens with zero attached hydrogens (tertiary/aromatic N) is 2. The van der Waals surface area contributed by atoms with Crippen LogP contribution in [0.3, 0.4) is 0 Å². The van der Waals surface area contributed by atoms with E-state index in [0.717, 1.165) is 0 Å². The minimum Gasteiger partial charge on any atom is -0.505 e. The molecule has 3 N–H and O–H groups in total. The van der Waals surface area contributed by atoms with Gasteiger partial charge in [-0.1, -0.05) is 6.07 Å². The third kappa shape index (κ3) is 3.92. The number of hydrogen-bond acceptors (Lipinski definition) is 5. The summed E-state index contributed by atoms with van der Waals surface area (Å²) >= 11 is 0. The van der Waals surface area contributed by atoms with Gasteiger partial charge in [-0.2, -0.15) is 0 Å². The van der Waals surface area contributed by atoms with Gasteiger partial charge < -0.3 is 15.5 Å². The van der Waals surface area contributed by atoms with Crippen LogP contribution in [0.25, 0.3) is 0 Å². The molecule has 1 aromatic carbocycles. The van der Waals surface area contributed by atoms with Crippen molar-refractivity contribution in [3.05, 3.63) is 52.8 Å². The minimum absolute atomic E-state index is 0.0137. The summed E-state index contributed by atoms with van der Waals surface area (Å²) in [6.07, 6.45) is 2.97. The van der Waals surface area contributed by atoms with Gasteiger partial charge in [0.05, 0.1) is 18.0 Å². The fourth-order valence-electron chi connectivity index (χ4n) is 2.05. The second kappa shape index (κ2) is 7.51. The molecule has 0 atom stereocenters. The fraction of sp³-hybridized carbons (Fsp3) is 0.235. The van der Waals surface area contributed by atoms with E-state index in [1.54, 1.807) is 31.2 Å². The summed E-state index contributed by atoms with van der Waals surface area (Å²) in [5.74, 6) is -0.177. The highest BCUT2D eigenvalue weighted by molar-refractivity contribution is 5.95. The summed E-state index contributed by atoms with van der Waals surface area (Å²) in [5, 5.41) is 22.1. The van der Waals surface area contributed by atoms with Crippen molar-refractivity contribution < 1.29 is 15.0 Å². The summed E-state index contributed by atoms with van der Waals surface area (Å²) in [6, 6.07) is 6.85. The molecule has 1 amide bonds. The molecular weight excluding hydrogens is 294 g/mol. The Kier molecular flexibility index (Phi) is 5.43. The topological polar surface area (TPSA) is 94.8 Å².